The number of fused-ring (bicyclic) bond motifs is 1. The molecule has 160 valence electrons. The topological polar surface area (TPSA) is 85.4 Å². The molecule has 0 saturated carbocycles. The summed E-state index contributed by atoms with van der Waals surface area (Å²) in [6, 6.07) is 17.9. The molecule has 0 aliphatic carbocycles. The Labute approximate surface area is 180 Å². The lowest BCUT2D eigenvalue weighted by Gasteiger charge is -2.10. The van der Waals surface area contributed by atoms with Crippen LogP contribution in [0.25, 0.3) is 44.9 Å². The number of anilines is 1. The fourth-order valence-electron chi connectivity index (χ4n) is 3.83. The van der Waals surface area contributed by atoms with E-state index < -0.39 is 11.7 Å². The van der Waals surface area contributed by atoms with Crippen molar-refractivity contribution in [1.29, 1.82) is 0 Å². The van der Waals surface area contributed by atoms with Gasteiger partial charge in [0.15, 0.2) is 5.82 Å². The minimum Gasteiger partial charge on any atom is -0.398 e. The van der Waals surface area contributed by atoms with Gasteiger partial charge in [0, 0.05) is 23.9 Å². The molecular weight excluding hydrogens is 417 g/mol. The Kier molecular flexibility index (Phi) is 4.47. The zero-order valence-corrected chi connectivity index (χ0v) is 16.9. The Hall–Kier alpha value is -4.14. The van der Waals surface area contributed by atoms with Gasteiger partial charge < -0.3 is 15.3 Å². The number of nitrogens with zero attached hydrogens (tertiary/aromatic N) is 4. The first-order valence-corrected chi connectivity index (χ1v) is 9.72. The molecule has 0 amide bonds. The van der Waals surface area contributed by atoms with Crippen LogP contribution in [0, 0.1) is 0 Å². The van der Waals surface area contributed by atoms with Crippen molar-refractivity contribution in [2.45, 2.75) is 6.18 Å². The van der Waals surface area contributed by atoms with Gasteiger partial charge in [-0.05, 0) is 29.3 Å². The first-order chi connectivity index (χ1) is 15.3. The Balaban J connectivity index is 1.64. The molecule has 5 rings (SSSR count). The third-order valence-electron chi connectivity index (χ3n) is 5.30. The van der Waals surface area contributed by atoms with Crippen molar-refractivity contribution in [1.82, 2.24) is 24.7 Å². The van der Waals surface area contributed by atoms with E-state index in [1.165, 1.54) is 12.1 Å². The average molecular weight is 434 g/mol. The first-order valence-electron chi connectivity index (χ1n) is 9.72. The Bertz CT molecular complexity index is 1450. The largest absolute Gasteiger partial charge is 0.420 e. The lowest BCUT2D eigenvalue weighted by Crippen LogP contribution is -2.09. The third kappa shape index (κ3) is 3.27. The maximum absolute atomic E-state index is 13.5. The van der Waals surface area contributed by atoms with Crippen LogP contribution in [0.4, 0.5) is 18.9 Å². The van der Waals surface area contributed by atoms with Gasteiger partial charge in [0.25, 0.3) is 0 Å². The lowest BCUT2D eigenvalue weighted by atomic mass is 9.97. The van der Waals surface area contributed by atoms with Gasteiger partial charge in [-0.25, -0.2) is 4.98 Å². The number of nitrogens with two attached hydrogens (primary N) is 1. The average Bonchev–Trinajstić information content (AvgIpc) is 3.39. The van der Waals surface area contributed by atoms with Crippen molar-refractivity contribution < 1.29 is 13.2 Å². The van der Waals surface area contributed by atoms with Crippen molar-refractivity contribution in [3.05, 3.63) is 72.6 Å². The van der Waals surface area contributed by atoms with Crippen molar-refractivity contribution in [2.24, 2.45) is 7.05 Å². The van der Waals surface area contributed by atoms with E-state index in [0.29, 0.717) is 17.2 Å². The number of hydrogen-bond donors (Lipinski definition) is 2. The molecule has 0 aliphatic heterocycles. The SMILES string of the molecule is Cn1cnnc1-c1ccccc1-c1cccc(-c2nc3ccc(N)c(C(F)(F)F)c3[nH]2)c1. The summed E-state index contributed by atoms with van der Waals surface area (Å²) in [5.74, 6) is 1.04. The zero-order valence-electron chi connectivity index (χ0n) is 16.9. The zero-order chi connectivity index (χ0) is 22.5. The number of H-pyrrole nitrogens is 1. The second kappa shape index (κ2) is 7.23. The normalized spacial score (nSPS) is 11.9. The molecule has 0 saturated heterocycles. The van der Waals surface area contributed by atoms with Crippen LogP contribution >= 0.6 is 0 Å². The molecule has 0 aliphatic rings. The lowest BCUT2D eigenvalue weighted by molar-refractivity contribution is -0.135. The molecule has 9 heteroatoms. The van der Waals surface area contributed by atoms with E-state index in [4.69, 9.17) is 5.73 Å². The highest BCUT2D eigenvalue weighted by Gasteiger charge is 2.36. The summed E-state index contributed by atoms with van der Waals surface area (Å²) in [6.45, 7) is 0. The Morgan fingerprint density at radius 1 is 0.938 bits per heavy atom. The summed E-state index contributed by atoms with van der Waals surface area (Å²) in [5, 5.41) is 8.15. The summed E-state index contributed by atoms with van der Waals surface area (Å²) in [4.78, 5) is 7.20. The number of halogens is 3. The monoisotopic (exact) mass is 434 g/mol. The highest BCUT2D eigenvalue weighted by Crippen LogP contribution is 2.39. The molecule has 32 heavy (non-hydrogen) atoms. The highest BCUT2D eigenvalue weighted by atomic mass is 19.4. The quantitative estimate of drug-likeness (QED) is 0.378. The van der Waals surface area contributed by atoms with Gasteiger partial charge in [-0.3, -0.25) is 0 Å². The minimum absolute atomic E-state index is 0.127. The van der Waals surface area contributed by atoms with Gasteiger partial charge in [0.1, 0.15) is 17.7 Å². The van der Waals surface area contributed by atoms with Crippen molar-refractivity contribution in [3.63, 3.8) is 0 Å². The number of hydrogen-bond acceptors (Lipinski definition) is 4. The second-order valence-electron chi connectivity index (χ2n) is 7.40. The number of aromatic nitrogens is 5. The second-order valence-corrected chi connectivity index (χ2v) is 7.40. The summed E-state index contributed by atoms with van der Waals surface area (Å²) in [5.41, 5.74) is 7.77. The molecule has 0 atom stereocenters. The predicted molar refractivity (Wildman–Crippen MR) is 116 cm³/mol. The van der Waals surface area contributed by atoms with Crippen LogP contribution in [0.3, 0.4) is 0 Å². The van der Waals surface area contributed by atoms with Crippen LogP contribution in [0.1, 0.15) is 5.56 Å². The van der Waals surface area contributed by atoms with Crippen LogP contribution < -0.4 is 5.73 Å². The molecule has 0 bridgehead atoms. The van der Waals surface area contributed by atoms with Crippen LogP contribution in [0.2, 0.25) is 0 Å². The van der Waals surface area contributed by atoms with Crippen LogP contribution in [0.5, 0.6) is 0 Å². The van der Waals surface area contributed by atoms with Crippen LogP contribution in [-0.4, -0.2) is 24.7 Å². The molecule has 3 N–H and O–H groups in total. The van der Waals surface area contributed by atoms with Crippen LogP contribution in [-0.2, 0) is 13.2 Å². The van der Waals surface area contributed by atoms with E-state index in [2.05, 4.69) is 20.2 Å². The number of rotatable bonds is 3. The number of alkyl halides is 3. The molecule has 0 spiro atoms. The summed E-state index contributed by atoms with van der Waals surface area (Å²) >= 11 is 0. The molecule has 0 unspecified atom stereocenters. The molecule has 0 fully saturated rings. The fourth-order valence-corrected chi connectivity index (χ4v) is 3.83. The van der Waals surface area contributed by atoms with Gasteiger partial charge >= 0.3 is 6.18 Å². The Morgan fingerprint density at radius 2 is 1.69 bits per heavy atom. The standard InChI is InChI=1S/C23H17F3N6/c1-32-12-28-31-22(32)16-8-3-2-7-15(16)13-5-4-6-14(11-13)21-29-18-10-9-17(27)19(20(18)30-21)23(24,25)26/h2-12H,27H2,1H3,(H,29,30). The number of nitrogens with one attached hydrogen (secondary N) is 1. The summed E-state index contributed by atoms with van der Waals surface area (Å²) in [6.07, 6.45) is -2.97. The van der Waals surface area contributed by atoms with E-state index in [1.807, 2.05) is 54.1 Å². The first kappa shape index (κ1) is 19.8. The molecule has 2 aromatic heterocycles. The third-order valence-corrected chi connectivity index (χ3v) is 5.30. The molecule has 6 nitrogen and oxygen atoms in total. The number of nitrogen functional groups attached to an aromatic ring is 1. The molecular formula is C23H17F3N6. The predicted octanol–water partition coefficient (Wildman–Crippen LogP) is 5.29. The van der Waals surface area contributed by atoms with Gasteiger partial charge in [-0.15, -0.1) is 10.2 Å². The van der Waals surface area contributed by atoms with E-state index >= 15 is 0 Å². The van der Waals surface area contributed by atoms with E-state index in [-0.39, 0.29) is 16.7 Å². The maximum atomic E-state index is 13.5. The number of imidazole rings is 1. The fraction of sp³-hybridized carbons (Fsp3) is 0.0870. The minimum atomic E-state index is -4.59. The molecule has 3 aromatic carbocycles. The van der Waals surface area contributed by atoms with Gasteiger partial charge in [-0.1, -0.05) is 42.5 Å². The van der Waals surface area contributed by atoms with Crippen molar-refractivity contribution in [3.8, 4) is 33.9 Å². The van der Waals surface area contributed by atoms with Gasteiger partial charge in [-0.2, -0.15) is 13.2 Å². The number of benzene rings is 3. The van der Waals surface area contributed by atoms with E-state index in [0.717, 1.165) is 16.7 Å². The van der Waals surface area contributed by atoms with E-state index in [9.17, 15) is 13.2 Å². The number of aryl methyl sites for hydroxylation is 1. The molecule has 2 heterocycles. The van der Waals surface area contributed by atoms with Crippen molar-refractivity contribution in [2.75, 3.05) is 5.73 Å². The molecule has 0 radical (unpaired) electrons. The summed E-state index contributed by atoms with van der Waals surface area (Å²) in [7, 11) is 1.86. The number of aromatic amines is 1. The van der Waals surface area contributed by atoms with Gasteiger partial charge in [0.2, 0.25) is 0 Å². The van der Waals surface area contributed by atoms with Crippen LogP contribution in [0.15, 0.2) is 67.0 Å². The maximum Gasteiger partial charge on any atom is 0.420 e. The summed E-state index contributed by atoms with van der Waals surface area (Å²) < 4.78 is 42.5. The highest BCUT2D eigenvalue weighted by molar-refractivity contribution is 5.88. The van der Waals surface area contributed by atoms with Crippen molar-refractivity contribution >= 4 is 16.7 Å². The van der Waals surface area contributed by atoms with Gasteiger partial charge in [0.05, 0.1) is 11.0 Å². The Morgan fingerprint density at radius 3 is 2.41 bits per heavy atom. The molecule has 5 aromatic rings. The van der Waals surface area contributed by atoms with E-state index in [1.54, 1.807) is 12.4 Å². The smallest absolute Gasteiger partial charge is 0.398 e.